The summed E-state index contributed by atoms with van der Waals surface area (Å²) in [5.74, 6) is 0.0819. The maximum Gasteiger partial charge on any atom is 0.255 e. The maximum atomic E-state index is 13.0. The second kappa shape index (κ2) is 10.1. The van der Waals surface area contributed by atoms with Crippen LogP contribution in [-0.4, -0.2) is 35.7 Å². The molecule has 2 aromatic rings. The molecular weight excluding hydrogens is 402 g/mol. The van der Waals surface area contributed by atoms with Crippen molar-refractivity contribution in [1.29, 1.82) is 0 Å². The molecule has 168 valence electrons. The van der Waals surface area contributed by atoms with Crippen LogP contribution in [0, 0.1) is 5.92 Å². The molecule has 2 aliphatic heterocycles. The molecule has 0 spiro atoms. The number of amides is 3. The van der Waals surface area contributed by atoms with Gasteiger partial charge in [-0.25, -0.2) is 0 Å². The molecule has 0 radical (unpaired) electrons. The first-order valence-electron chi connectivity index (χ1n) is 11.6. The number of hydrogen-bond donors (Lipinski definition) is 2. The van der Waals surface area contributed by atoms with Gasteiger partial charge in [0.1, 0.15) is 6.04 Å². The van der Waals surface area contributed by atoms with Crippen LogP contribution in [0.2, 0.25) is 0 Å². The van der Waals surface area contributed by atoms with E-state index in [1.165, 1.54) is 17.5 Å². The van der Waals surface area contributed by atoms with Crippen LogP contribution in [0.3, 0.4) is 0 Å². The Hall–Kier alpha value is -2.99. The lowest BCUT2D eigenvalue weighted by molar-refractivity contribution is -0.129. The highest BCUT2D eigenvalue weighted by molar-refractivity contribution is 6.02. The van der Waals surface area contributed by atoms with Crippen LogP contribution in [0.1, 0.15) is 65.7 Å². The van der Waals surface area contributed by atoms with Crippen molar-refractivity contribution in [2.75, 3.05) is 6.54 Å². The molecule has 0 aliphatic carbocycles. The number of carbonyl (C=O) groups excluding carboxylic acids is 3. The number of fused-ring (bicyclic) bond motifs is 1. The monoisotopic (exact) mass is 433 g/mol. The molecule has 1 saturated heterocycles. The van der Waals surface area contributed by atoms with Crippen LogP contribution >= 0.6 is 0 Å². The molecule has 1 fully saturated rings. The number of carbonyl (C=O) groups is 3. The van der Waals surface area contributed by atoms with E-state index in [2.05, 4.69) is 47.0 Å². The summed E-state index contributed by atoms with van der Waals surface area (Å²) in [6, 6.07) is 16.3. The van der Waals surface area contributed by atoms with Gasteiger partial charge in [-0.3, -0.25) is 19.7 Å². The fourth-order valence-corrected chi connectivity index (χ4v) is 5.01. The Labute approximate surface area is 189 Å². The fraction of sp³-hybridized carbons (Fsp3) is 0.423. The number of nitrogens with one attached hydrogen (secondary N) is 2. The first-order valence-corrected chi connectivity index (χ1v) is 11.6. The van der Waals surface area contributed by atoms with Crippen molar-refractivity contribution in [2.45, 2.75) is 57.7 Å². The van der Waals surface area contributed by atoms with E-state index in [1.807, 2.05) is 19.1 Å². The number of piperidine rings is 1. The molecule has 32 heavy (non-hydrogen) atoms. The van der Waals surface area contributed by atoms with Gasteiger partial charge in [-0.05, 0) is 60.9 Å². The molecule has 3 unspecified atom stereocenters. The molecule has 2 heterocycles. The summed E-state index contributed by atoms with van der Waals surface area (Å²) in [4.78, 5) is 37.7. The summed E-state index contributed by atoms with van der Waals surface area (Å²) < 4.78 is 0. The zero-order valence-corrected chi connectivity index (χ0v) is 18.5. The number of benzene rings is 2. The highest BCUT2D eigenvalue weighted by Gasteiger charge is 2.36. The Morgan fingerprint density at radius 1 is 1.22 bits per heavy atom. The van der Waals surface area contributed by atoms with Gasteiger partial charge in [0.25, 0.3) is 5.91 Å². The van der Waals surface area contributed by atoms with Crippen molar-refractivity contribution < 1.29 is 14.4 Å². The van der Waals surface area contributed by atoms with Crippen LogP contribution < -0.4 is 10.6 Å². The maximum absolute atomic E-state index is 13.0. The largest absolute Gasteiger partial charge is 0.322 e. The predicted octanol–water partition coefficient (Wildman–Crippen LogP) is 3.37. The molecule has 3 atom stereocenters. The molecular formula is C26H31N3O3. The number of imide groups is 1. The van der Waals surface area contributed by atoms with Crippen molar-refractivity contribution in [2.24, 2.45) is 5.92 Å². The predicted molar refractivity (Wildman–Crippen MR) is 123 cm³/mol. The van der Waals surface area contributed by atoms with Gasteiger partial charge in [0.05, 0.1) is 0 Å². The Kier molecular flexibility index (Phi) is 7.00. The lowest BCUT2D eigenvalue weighted by Gasteiger charge is -2.30. The normalized spacial score (nSPS) is 21.2. The van der Waals surface area contributed by atoms with Gasteiger partial charge in [0, 0.05) is 18.2 Å². The van der Waals surface area contributed by atoms with Gasteiger partial charge in [-0.1, -0.05) is 55.8 Å². The quantitative estimate of drug-likeness (QED) is 0.626. The third kappa shape index (κ3) is 4.75. The van der Waals surface area contributed by atoms with Gasteiger partial charge >= 0.3 is 0 Å². The van der Waals surface area contributed by atoms with Crippen LogP contribution in [0.15, 0.2) is 48.5 Å². The Morgan fingerprint density at radius 2 is 2.03 bits per heavy atom. The second-order valence-corrected chi connectivity index (χ2v) is 8.87. The van der Waals surface area contributed by atoms with Crippen LogP contribution in [0.5, 0.6) is 0 Å². The first kappa shape index (κ1) is 22.2. The second-order valence-electron chi connectivity index (χ2n) is 8.87. The molecule has 3 amide bonds. The first-order chi connectivity index (χ1) is 15.6. The molecule has 6 nitrogen and oxygen atoms in total. The average molecular weight is 434 g/mol. The Morgan fingerprint density at radius 3 is 2.72 bits per heavy atom. The average Bonchev–Trinajstić information content (AvgIpc) is 3.14. The minimum Gasteiger partial charge on any atom is -0.322 e. The number of nitrogens with zero attached hydrogens (tertiary/aromatic N) is 1. The van der Waals surface area contributed by atoms with Crippen LogP contribution in [0.25, 0.3) is 0 Å². The fourth-order valence-electron chi connectivity index (χ4n) is 5.01. The highest BCUT2D eigenvalue weighted by atomic mass is 16.2. The third-order valence-electron chi connectivity index (χ3n) is 6.69. The van der Waals surface area contributed by atoms with Crippen molar-refractivity contribution in [3.8, 4) is 0 Å². The SMILES string of the molecule is CCCC(C(=O)NC=O)N1Cc2cc(C3CCC(Cc4ccccc4)CN3)ccc2C1=O. The smallest absolute Gasteiger partial charge is 0.255 e. The van der Waals surface area contributed by atoms with E-state index >= 15 is 0 Å². The molecule has 4 rings (SSSR count). The van der Waals surface area contributed by atoms with Crippen LogP contribution in [0.4, 0.5) is 0 Å². The van der Waals surface area contributed by atoms with Crippen molar-refractivity contribution in [1.82, 2.24) is 15.5 Å². The van der Waals surface area contributed by atoms with E-state index in [-0.39, 0.29) is 11.9 Å². The third-order valence-corrected chi connectivity index (χ3v) is 6.69. The highest BCUT2D eigenvalue weighted by Crippen LogP contribution is 2.32. The molecule has 0 aromatic heterocycles. The van der Waals surface area contributed by atoms with E-state index in [9.17, 15) is 14.4 Å². The molecule has 2 aromatic carbocycles. The van der Waals surface area contributed by atoms with E-state index in [0.717, 1.165) is 31.4 Å². The van der Waals surface area contributed by atoms with Gasteiger partial charge in [0.2, 0.25) is 12.3 Å². The molecule has 2 aliphatic rings. The van der Waals surface area contributed by atoms with Crippen molar-refractivity contribution in [3.63, 3.8) is 0 Å². The Balaban J connectivity index is 1.41. The Bertz CT molecular complexity index is 968. The molecule has 2 N–H and O–H groups in total. The van der Waals surface area contributed by atoms with E-state index < -0.39 is 11.9 Å². The topological polar surface area (TPSA) is 78.5 Å². The minimum absolute atomic E-state index is 0.134. The van der Waals surface area contributed by atoms with Crippen LogP contribution in [-0.2, 0) is 22.6 Å². The summed E-state index contributed by atoms with van der Waals surface area (Å²) in [6.45, 7) is 3.35. The van der Waals surface area contributed by atoms with E-state index in [0.29, 0.717) is 30.9 Å². The van der Waals surface area contributed by atoms with E-state index in [4.69, 9.17) is 0 Å². The zero-order chi connectivity index (χ0) is 22.5. The molecule has 0 bridgehead atoms. The number of rotatable bonds is 8. The molecule has 0 saturated carbocycles. The van der Waals surface area contributed by atoms with Gasteiger partial charge in [-0.15, -0.1) is 0 Å². The van der Waals surface area contributed by atoms with E-state index in [1.54, 1.807) is 4.90 Å². The van der Waals surface area contributed by atoms with Gasteiger partial charge in [0.15, 0.2) is 0 Å². The number of hydrogen-bond acceptors (Lipinski definition) is 4. The summed E-state index contributed by atoms with van der Waals surface area (Å²) in [6.07, 6.45) is 4.98. The summed E-state index contributed by atoms with van der Waals surface area (Å²) in [7, 11) is 0. The zero-order valence-electron chi connectivity index (χ0n) is 18.5. The van der Waals surface area contributed by atoms with Crippen molar-refractivity contribution >= 4 is 18.2 Å². The standard InChI is InChI=1S/C26H31N3O3/c1-2-6-24(25(31)28-17-30)29-16-21-14-20(10-11-22(21)26(29)32)23-12-9-19(15-27-23)13-18-7-4-3-5-8-18/h3-5,7-8,10-11,14,17,19,23-24,27H,2,6,9,12-13,15-16H2,1H3,(H,28,30,31). The lowest BCUT2D eigenvalue weighted by atomic mass is 9.86. The summed E-state index contributed by atoms with van der Waals surface area (Å²) in [5, 5.41) is 5.91. The lowest BCUT2D eigenvalue weighted by Crippen LogP contribution is -2.46. The minimum atomic E-state index is -0.625. The summed E-state index contributed by atoms with van der Waals surface area (Å²) in [5.41, 5.74) is 4.20. The molecule has 6 heteroatoms. The van der Waals surface area contributed by atoms with Gasteiger partial charge < -0.3 is 10.2 Å². The van der Waals surface area contributed by atoms with Gasteiger partial charge in [-0.2, -0.15) is 0 Å². The van der Waals surface area contributed by atoms with Crippen molar-refractivity contribution in [3.05, 3.63) is 70.8 Å². The summed E-state index contributed by atoms with van der Waals surface area (Å²) >= 11 is 0.